The highest BCUT2D eigenvalue weighted by Crippen LogP contribution is 2.29. The molecule has 8 nitrogen and oxygen atoms in total. The summed E-state index contributed by atoms with van der Waals surface area (Å²) >= 11 is 6.10. The number of hydrogen-bond acceptors (Lipinski definition) is 7. The maximum Gasteiger partial charge on any atom is 0.330 e. The Kier molecular flexibility index (Phi) is 9.26. The topological polar surface area (TPSA) is 114 Å². The number of carbonyl (C=O) groups excluding carboxylic acids is 2. The molecule has 0 aliphatic heterocycles. The molecule has 0 heterocycles. The molecule has 1 amide bonds. The number of amides is 1. The molecular weight excluding hydrogens is 465 g/mol. The first-order valence-electron chi connectivity index (χ1n) is 10.8. The van der Waals surface area contributed by atoms with Crippen LogP contribution < -0.4 is 15.8 Å². The van der Waals surface area contributed by atoms with Crippen molar-refractivity contribution in [1.29, 1.82) is 0 Å². The molecule has 0 aromatic heterocycles. The number of nitrogens with one attached hydrogen (secondary N) is 1. The van der Waals surface area contributed by atoms with Gasteiger partial charge in [-0.15, -0.1) is 0 Å². The van der Waals surface area contributed by atoms with Crippen LogP contribution in [0.5, 0.6) is 5.75 Å². The summed E-state index contributed by atoms with van der Waals surface area (Å²) in [5.41, 5.74) is 5.91. The third kappa shape index (κ3) is 7.58. The van der Waals surface area contributed by atoms with Crippen LogP contribution in [0.15, 0.2) is 36.4 Å². The van der Waals surface area contributed by atoms with Gasteiger partial charge < -0.3 is 25.7 Å². The number of halogens is 2. The number of esters is 1. The molecule has 186 valence electrons. The number of hydroxylamine groups is 2. The number of rotatable bonds is 9. The average Bonchev–Trinajstić information content (AvgIpc) is 2.74. The highest BCUT2D eigenvalue weighted by atomic mass is 35.5. The molecule has 2 aromatic carbocycles. The van der Waals surface area contributed by atoms with Gasteiger partial charge >= 0.3 is 5.97 Å². The predicted molar refractivity (Wildman–Crippen MR) is 127 cm³/mol. The van der Waals surface area contributed by atoms with Crippen molar-refractivity contribution in [2.45, 2.75) is 58.8 Å². The SMILES string of the molecule is CCOc1cc(N)c(Cl)cc1C(=O)NC(C(=O)OC(C)(C)C)C(C)N(O)Cc1ccc(F)cc1. The molecule has 0 fully saturated rings. The number of nitrogens with two attached hydrogens (primary N) is 1. The van der Waals surface area contributed by atoms with Crippen LogP contribution in [0.1, 0.15) is 50.5 Å². The van der Waals surface area contributed by atoms with Crippen molar-refractivity contribution in [2.75, 3.05) is 12.3 Å². The summed E-state index contributed by atoms with van der Waals surface area (Å²) in [5, 5.41) is 14.3. The van der Waals surface area contributed by atoms with Crippen molar-refractivity contribution in [3.63, 3.8) is 0 Å². The Morgan fingerprint density at radius 3 is 2.41 bits per heavy atom. The lowest BCUT2D eigenvalue weighted by Crippen LogP contribution is -2.55. The minimum absolute atomic E-state index is 0.0193. The van der Waals surface area contributed by atoms with Crippen molar-refractivity contribution in [3.8, 4) is 5.75 Å². The van der Waals surface area contributed by atoms with Crippen LogP contribution in [-0.4, -0.2) is 46.4 Å². The lowest BCUT2D eigenvalue weighted by Gasteiger charge is -2.32. The summed E-state index contributed by atoms with van der Waals surface area (Å²) in [6, 6.07) is 6.16. The van der Waals surface area contributed by atoms with Crippen LogP contribution in [0.4, 0.5) is 10.1 Å². The van der Waals surface area contributed by atoms with Gasteiger partial charge in [0.05, 0.1) is 28.9 Å². The van der Waals surface area contributed by atoms with Crippen LogP contribution >= 0.6 is 11.6 Å². The van der Waals surface area contributed by atoms with E-state index in [4.69, 9.17) is 26.8 Å². The van der Waals surface area contributed by atoms with Gasteiger partial charge in [0.1, 0.15) is 23.2 Å². The molecule has 0 bridgehead atoms. The van der Waals surface area contributed by atoms with Gasteiger partial charge in [-0.2, -0.15) is 5.06 Å². The molecule has 0 aliphatic rings. The Morgan fingerprint density at radius 2 is 1.85 bits per heavy atom. The second-order valence-corrected chi connectivity index (χ2v) is 9.16. The molecule has 0 aliphatic carbocycles. The molecule has 2 aromatic rings. The van der Waals surface area contributed by atoms with E-state index in [9.17, 15) is 19.2 Å². The van der Waals surface area contributed by atoms with E-state index >= 15 is 0 Å². The van der Waals surface area contributed by atoms with Crippen LogP contribution in [0, 0.1) is 5.82 Å². The Hall–Kier alpha value is -2.88. The first-order valence-corrected chi connectivity index (χ1v) is 11.2. The van der Waals surface area contributed by atoms with E-state index < -0.39 is 35.4 Å². The van der Waals surface area contributed by atoms with Crippen LogP contribution in [0.25, 0.3) is 0 Å². The second-order valence-electron chi connectivity index (χ2n) is 8.75. The smallest absolute Gasteiger partial charge is 0.330 e. The zero-order valence-electron chi connectivity index (χ0n) is 19.9. The summed E-state index contributed by atoms with van der Waals surface area (Å²) in [4.78, 5) is 26.2. The Balaban J connectivity index is 2.33. The number of ether oxygens (including phenoxy) is 2. The zero-order chi connectivity index (χ0) is 25.6. The van der Waals surface area contributed by atoms with Gasteiger partial charge in [-0.05, 0) is 58.4 Å². The normalized spacial score (nSPS) is 13.3. The molecule has 2 rings (SSSR count). The van der Waals surface area contributed by atoms with Crippen LogP contribution in [0.3, 0.4) is 0 Å². The quantitative estimate of drug-likeness (QED) is 0.271. The highest BCUT2D eigenvalue weighted by Gasteiger charge is 2.35. The molecular formula is C24H31ClFN3O5. The van der Waals surface area contributed by atoms with Gasteiger partial charge in [-0.25, -0.2) is 9.18 Å². The number of anilines is 1. The Labute approximate surface area is 203 Å². The maximum absolute atomic E-state index is 13.2. The number of hydrogen-bond donors (Lipinski definition) is 3. The van der Waals surface area contributed by atoms with Crippen LogP contribution in [-0.2, 0) is 16.1 Å². The standard InChI is InChI=1S/C24H31ClFN3O5/c1-6-33-20-12-19(27)18(25)11-17(20)22(30)28-21(23(31)34-24(3,4)5)14(2)29(32)13-15-7-9-16(26)10-8-15/h7-12,14,21,32H,6,13,27H2,1-5H3,(H,28,30). The highest BCUT2D eigenvalue weighted by molar-refractivity contribution is 6.33. The number of carbonyl (C=O) groups is 2. The summed E-state index contributed by atoms with van der Waals surface area (Å²) < 4.78 is 24.2. The van der Waals surface area contributed by atoms with E-state index in [2.05, 4.69) is 5.32 Å². The van der Waals surface area contributed by atoms with Crippen LogP contribution in [0.2, 0.25) is 5.02 Å². The van der Waals surface area contributed by atoms with Gasteiger partial charge in [0, 0.05) is 12.6 Å². The summed E-state index contributed by atoms with van der Waals surface area (Å²) in [7, 11) is 0. The van der Waals surface area contributed by atoms with E-state index in [-0.39, 0.29) is 35.2 Å². The summed E-state index contributed by atoms with van der Waals surface area (Å²) in [6.45, 7) is 8.63. The largest absolute Gasteiger partial charge is 0.493 e. The van der Waals surface area contributed by atoms with Gasteiger partial charge in [0.25, 0.3) is 5.91 Å². The molecule has 0 radical (unpaired) electrons. The lowest BCUT2D eigenvalue weighted by atomic mass is 10.1. The second kappa shape index (κ2) is 11.5. The molecule has 34 heavy (non-hydrogen) atoms. The third-order valence-electron chi connectivity index (χ3n) is 4.80. The van der Waals surface area contributed by atoms with Gasteiger partial charge in [0.15, 0.2) is 0 Å². The summed E-state index contributed by atoms with van der Waals surface area (Å²) in [6.07, 6.45) is 0. The minimum Gasteiger partial charge on any atom is -0.493 e. The fraction of sp³-hybridized carbons (Fsp3) is 0.417. The monoisotopic (exact) mass is 495 g/mol. The molecule has 2 unspecified atom stereocenters. The van der Waals surface area contributed by atoms with E-state index in [1.54, 1.807) is 34.6 Å². The summed E-state index contributed by atoms with van der Waals surface area (Å²) in [5.74, 6) is -1.62. The predicted octanol–water partition coefficient (Wildman–Crippen LogP) is 4.18. The van der Waals surface area contributed by atoms with Gasteiger partial charge in [-0.3, -0.25) is 4.79 Å². The Bertz CT molecular complexity index is 1010. The fourth-order valence-corrected chi connectivity index (χ4v) is 3.24. The number of nitrogen functional groups attached to an aromatic ring is 1. The van der Waals surface area contributed by atoms with Crippen molar-refractivity contribution in [1.82, 2.24) is 10.4 Å². The molecule has 2 atom stereocenters. The van der Waals surface area contributed by atoms with E-state index in [0.29, 0.717) is 5.56 Å². The molecule has 0 spiro atoms. The van der Waals surface area contributed by atoms with E-state index in [1.807, 2.05) is 0 Å². The average molecular weight is 496 g/mol. The molecule has 0 saturated heterocycles. The van der Waals surface area contributed by atoms with Gasteiger partial charge in [0.2, 0.25) is 0 Å². The number of nitrogens with zero attached hydrogens (tertiary/aromatic N) is 1. The van der Waals surface area contributed by atoms with E-state index in [1.165, 1.54) is 36.4 Å². The first-order chi connectivity index (χ1) is 15.8. The van der Waals surface area contributed by atoms with Crippen molar-refractivity contribution in [2.24, 2.45) is 0 Å². The van der Waals surface area contributed by atoms with Crippen molar-refractivity contribution < 1.29 is 28.7 Å². The lowest BCUT2D eigenvalue weighted by molar-refractivity contribution is -0.172. The first kappa shape index (κ1) is 27.4. The third-order valence-corrected chi connectivity index (χ3v) is 5.13. The van der Waals surface area contributed by atoms with E-state index in [0.717, 1.165) is 5.06 Å². The van der Waals surface area contributed by atoms with Gasteiger partial charge in [-0.1, -0.05) is 23.7 Å². The zero-order valence-corrected chi connectivity index (χ0v) is 20.6. The molecule has 10 heteroatoms. The molecule has 0 saturated carbocycles. The molecule has 4 N–H and O–H groups in total. The van der Waals surface area contributed by atoms with Crippen molar-refractivity contribution in [3.05, 3.63) is 58.4 Å². The van der Waals surface area contributed by atoms with Crippen molar-refractivity contribution >= 4 is 29.2 Å². The maximum atomic E-state index is 13.2. The Morgan fingerprint density at radius 1 is 1.24 bits per heavy atom. The fourth-order valence-electron chi connectivity index (χ4n) is 3.08. The minimum atomic E-state index is -1.26. The number of benzene rings is 2.